The minimum atomic E-state index is -5.25. The molecule has 0 aliphatic carbocycles. The molecule has 13 heteroatoms. The third-order valence-electron chi connectivity index (χ3n) is 7.31. The van der Waals surface area contributed by atoms with Crippen molar-refractivity contribution >= 4 is 25.7 Å². The summed E-state index contributed by atoms with van der Waals surface area (Å²) < 4.78 is 25.6. The molecule has 0 fully saturated rings. The van der Waals surface area contributed by atoms with Crippen molar-refractivity contribution in [2.75, 3.05) is 19.8 Å². The van der Waals surface area contributed by atoms with Gasteiger partial charge >= 0.3 is 71.1 Å². The number of unbranched alkanes of at least 4 members (excludes halogenated alkanes) is 19. The van der Waals surface area contributed by atoms with Gasteiger partial charge < -0.3 is 33.7 Å². The van der Waals surface area contributed by atoms with Gasteiger partial charge in [-0.3, -0.25) is 14.4 Å². The summed E-state index contributed by atoms with van der Waals surface area (Å²) in [5, 5.41) is 2.82. The maximum absolute atomic E-state index is 12.2. The van der Waals surface area contributed by atoms with Gasteiger partial charge in [0.15, 0.2) is 6.10 Å². The predicted octanol–water partition coefficient (Wildman–Crippen LogP) is 0.423. The van der Waals surface area contributed by atoms with E-state index in [0.29, 0.717) is 12.8 Å². The molecule has 0 aliphatic rings. The minimum Gasteiger partial charge on any atom is -0.790 e. The first-order chi connectivity index (χ1) is 20.6. The number of hydrogen-bond donors (Lipinski definition) is 1. The molecule has 0 spiro atoms. The zero-order valence-electron chi connectivity index (χ0n) is 29.1. The van der Waals surface area contributed by atoms with Gasteiger partial charge in [0, 0.05) is 26.3 Å². The monoisotopic (exact) mass is 679 g/mol. The van der Waals surface area contributed by atoms with Crippen molar-refractivity contribution in [3.63, 3.8) is 0 Å². The topological polar surface area (TPSA) is 154 Å². The molecule has 0 saturated carbocycles. The van der Waals surface area contributed by atoms with Crippen LogP contribution in [0.25, 0.3) is 0 Å². The second-order valence-electron chi connectivity index (χ2n) is 11.6. The number of esters is 2. The predicted molar refractivity (Wildman–Crippen MR) is 165 cm³/mol. The third-order valence-corrected chi connectivity index (χ3v) is 7.78. The Kier molecular flexibility index (Phi) is 39.7. The van der Waals surface area contributed by atoms with Crippen LogP contribution >= 0.6 is 7.82 Å². The molecule has 1 N–H and O–H groups in total. The van der Waals surface area contributed by atoms with E-state index in [-0.39, 0.29) is 84.5 Å². The Morgan fingerprint density at radius 1 is 0.622 bits per heavy atom. The van der Waals surface area contributed by atoms with Gasteiger partial charge in [-0.1, -0.05) is 122 Å². The molecule has 0 bridgehead atoms. The van der Waals surface area contributed by atoms with Crippen LogP contribution in [0.15, 0.2) is 0 Å². The van der Waals surface area contributed by atoms with Crippen LogP contribution in [-0.2, 0) is 32.9 Å². The van der Waals surface area contributed by atoms with E-state index in [1.807, 2.05) is 0 Å². The number of hydrogen-bond acceptors (Lipinski definition) is 9. The number of ether oxygens (including phenoxy) is 2. The molecule has 0 rings (SSSR count). The smallest absolute Gasteiger partial charge is 0.790 e. The van der Waals surface area contributed by atoms with Gasteiger partial charge in [-0.15, -0.1) is 0 Å². The fourth-order valence-corrected chi connectivity index (χ4v) is 5.15. The van der Waals surface area contributed by atoms with Crippen molar-refractivity contribution in [1.29, 1.82) is 0 Å². The Balaban J connectivity index is -0.00000882. The van der Waals surface area contributed by atoms with E-state index < -0.39 is 32.5 Å². The molecule has 0 aliphatic heterocycles. The summed E-state index contributed by atoms with van der Waals surface area (Å²) in [6, 6.07) is 0. The van der Waals surface area contributed by atoms with E-state index in [9.17, 15) is 28.7 Å². The van der Waals surface area contributed by atoms with Gasteiger partial charge in [0.1, 0.15) is 6.61 Å². The van der Waals surface area contributed by atoms with Crippen LogP contribution in [0.5, 0.6) is 0 Å². The first kappa shape index (κ1) is 49.9. The van der Waals surface area contributed by atoms with Crippen molar-refractivity contribution in [2.24, 2.45) is 0 Å². The fourth-order valence-electron chi connectivity index (χ4n) is 4.80. The normalized spacial score (nSPS) is 11.6. The molecule has 0 radical (unpaired) electrons. The van der Waals surface area contributed by atoms with Crippen LogP contribution < -0.4 is 74.2 Å². The van der Waals surface area contributed by atoms with Gasteiger partial charge in [-0.2, -0.15) is 0 Å². The summed E-state index contributed by atoms with van der Waals surface area (Å²) >= 11 is 0. The van der Waals surface area contributed by atoms with Crippen molar-refractivity contribution in [3.8, 4) is 0 Å². The third kappa shape index (κ3) is 40.6. The summed E-state index contributed by atoms with van der Waals surface area (Å²) in [6.45, 7) is 3.49. The van der Waals surface area contributed by atoms with Crippen molar-refractivity contribution in [3.05, 3.63) is 0 Å². The molecular formula is C32H60NNa2O9P. The molecule has 0 saturated heterocycles. The molecular weight excluding hydrogens is 619 g/mol. The summed E-state index contributed by atoms with van der Waals surface area (Å²) in [4.78, 5) is 56.9. The average Bonchev–Trinajstić information content (AvgIpc) is 2.95. The Morgan fingerprint density at radius 2 is 1.02 bits per heavy atom. The SMILES string of the molecule is CCCCCCCCCCCC(=O)O[C@H](COC(=O)CCCCCCCCCCCCCCNC(C)=O)COP(=O)([O-])[O-].[Na+].[Na+]. The van der Waals surface area contributed by atoms with Crippen LogP contribution in [-0.4, -0.2) is 43.7 Å². The summed E-state index contributed by atoms with van der Waals surface area (Å²) in [6.07, 6.45) is 22.5. The summed E-state index contributed by atoms with van der Waals surface area (Å²) in [5.41, 5.74) is 0. The second-order valence-corrected chi connectivity index (χ2v) is 12.7. The quantitative estimate of drug-likeness (QED) is 0.0476. The van der Waals surface area contributed by atoms with Crippen LogP contribution in [0.4, 0.5) is 0 Å². The number of phosphoric ester groups is 1. The number of nitrogens with one attached hydrogen (secondary N) is 1. The minimum absolute atomic E-state index is 0. The molecule has 1 atom stereocenters. The number of carbonyl (C=O) groups excluding carboxylic acids is 3. The van der Waals surface area contributed by atoms with E-state index in [1.165, 1.54) is 70.6 Å². The van der Waals surface area contributed by atoms with Crippen LogP contribution in [0.2, 0.25) is 0 Å². The van der Waals surface area contributed by atoms with Gasteiger partial charge in [0.2, 0.25) is 5.91 Å². The molecule has 0 aromatic rings. The number of rotatable bonds is 31. The van der Waals surface area contributed by atoms with Gasteiger partial charge in [0.05, 0.1) is 14.4 Å². The molecule has 254 valence electrons. The van der Waals surface area contributed by atoms with Crippen molar-refractivity contribution < 1.29 is 102 Å². The fraction of sp³-hybridized carbons (Fsp3) is 0.906. The largest absolute Gasteiger partial charge is 1.00 e. The maximum atomic E-state index is 12.2. The van der Waals surface area contributed by atoms with Crippen LogP contribution in [0.1, 0.15) is 162 Å². The summed E-state index contributed by atoms with van der Waals surface area (Å²) in [5.74, 6) is -0.949. The Bertz CT molecular complexity index is 756. The Hall–Kier alpha value is 0.520. The van der Waals surface area contributed by atoms with E-state index in [4.69, 9.17) is 9.47 Å². The van der Waals surface area contributed by atoms with E-state index >= 15 is 0 Å². The molecule has 10 nitrogen and oxygen atoms in total. The second kappa shape index (κ2) is 35.8. The molecule has 0 heterocycles. The number of amides is 1. The maximum Gasteiger partial charge on any atom is 1.00 e. The van der Waals surface area contributed by atoms with E-state index in [2.05, 4.69) is 16.8 Å². The molecule has 1 amide bonds. The number of phosphoric acid groups is 1. The summed E-state index contributed by atoms with van der Waals surface area (Å²) in [7, 11) is -5.25. The Labute approximate surface area is 317 Å². The van der Waals surface area contributed by atoms with E-state index in [0.717, 1.165) is 57.9 Å². The molecule has 45 heavy (non-hydrogen) atoms. The molecule has 0 aromatic heterocycles. The zero-order chi connectivity index (χ0) is 32.0. The molecule has 0 unspecified atom stereocenters. The van der Waals surface area contributed by atoms with Crippen molar-refractivity contribution in [1.82, 2.24) is 5.32 Å². The van der Waals surface area contributed by atoms with Gasteiger partial charge in [-0.25, -0.2) is 0 Å². The molecule has 0 aromatic carbocycles. The number of carbonyl (C=O) groups is 3. The first-order valence-corrected chi connectivity index (χ1v) is 18.4. The zero-order valence-corrected chi connectivity index (χ0v) is 34.0. The van der Waals surface area contributed by atoms with Gasteiger partial charge in [-0.05, 0) is 19.3 Å². The standard InChI is InChI=1S/C32H62NO9P.2Na/c1-3-4-5-6-7-12-16-19-22-25-32(36)42-30(28-41-43(37,38)39)27-40-31(35)24-21-18-15-13-10-8-9-11-14-17-20-23-26-33-29(2)34;;/h30H,3-28H2,1-2H3,(H,33,34)(H2,37,38,39);;/q;2*+1/p-2/t30-;;/m1../s1. The van der Waals surface area contributed by atoms with Crippen LogP contribution in [0.3, 0.4) is 0 Å². The van der Waals surface area contributed by atoms with Crippen molar-refractivity contribution in [2.45, 2.75) is 168 Å². The average molecular weight is 680 g/mol. The van der Waals surface area contributed by atoms with E-state index in [1.54, 1.807) is 6.92 Å². The Morgan fingerprint density at radius 3 is 1.44 bits per heavy atom. The first-order valence-electron chi connectivity index (χ1n) is 16.9. The van der Waals surface area contributed by atoms with Gasteiger partial charge in [0.25, 0.3) is 0 Å². The van der Waals surface area contributed by atoms with Crippen LogP contribution in [0, 0.1) is 0 Å².